The minimum Gasteiger partial charge on any atom is -0.418 e. The zero-order chi connectivity index (χ0) is 12.7. The Bertz CT molecular complexity index is 410. The molecule has 0 aliphatic rings. The molecule has 0 spiro atoms. The minimum atomic E-state index is -6.00. The Hall–Kier alpha value is -1.37. The minimum absolute atomic E-state index is 0.977. The van der Waals surface area contributed by atoms with Gasteiger partial charge in [0.05, 0.1) is 5.38 Å². The summed E-state index contributed by atoms with van der Waals surface area (Å²) in [4.78, 5) is 0. The highest BCUT2D eigenvalue weighted by molar-refractivity contribution is 7.07. The first-order chi connectivity index (χ1) is 7.95. The van der Waals surface area contributed by atoms with Crippen molar-refractivity contribution in [2.45, 2.75) is 6.54 Å². The molecular weight excluding hydrogens is 253 g/mol. The molecule has 0 aliphatic heterocycles. The van der Waals surface area contributed by atoms with Gasteiger partial charge in [0.25, 0.3) is 0 Å². The molecule has 0 fully saturated rings. The maximum atomic E-state index is 9.75. The molecular formula is C10H10BF4NS. The summed E-state index contributed by atoms with van der Waals surface area (Å²) in [6, 6.07) is 10.5. The van der Waals surface area contributed by atoms with Gasteiger partial charge in [0.15, 0.2) is 12.7 Å². The van der Waals surface area contributed by atoms with Crippen LogP contribution < -0.4 is 4.57 Å². The van der Waals surface area contributed by atoms with Gasteiger partial charge in [-0.25, -0.2) is 0 Å². The summed E-state index contributed by atoms with van der Waals surface area (Å²) in [6.45, 7) is 0.977. The van der Waals surface area contributed by atoms with E-state index >= 15 is 0 Å². The highest BCUT2D eigenvalue weighted by Gasteiger charge is 2.20. The molecule has 1 heterocycles. The van der Waals surface area contributed by atoms with Crippen molar-refractivity contribution in [2.75, 3.05) is 0 Å². The number of hydrogen-bond donors (Lipinski definition) is 0. The zero-order valence-electron chi connectivity index (χ0n) is 8.77. The summed E-state index contributed by atoms with van der Waals surface area (Å²) >= 11 is 1.72. The Labute approximate surface area is 100 Å². The largest absolute Gasteiger partial charge is 0.673 e. The number of nitrogens with zero attached hydrogens (tertiary/aromatic N) is 1. The molecule has 17 heavy (non-hydrogen) atoms. The molecule has 92 valence electrons. The number of aromatic nitrogens is 1. The highest BCUT2D eigenvalue weighted by Crippen LogP contribution is 2.06. The Balaban J connectivity index is 0.000000249. The SMILES string of the molecule is F[B-](F)(F)F.c1ccc(C[n+]2ccsc2)cc1. The molecule has 1 aromatic carbocycles. The van der Waals surface area contributed by atoms with Gasteiger partial charge in [-0.15, -0.1) is 0 Å². The molecule has 0 saturated heterocycles. The molecule has 2 aromatic rings. The highest BCUT2D eigenvalue weighted by atomic mass is 32.1. The second kappa shape index (κ2) is 6.39. The van der Waals surface area contributed by atoms with Crippen molar-refractivity contribution in [3.05, 3.63) is 53.0 Å². The van der Waals surface area contributed by atoms with Crippen LogP contribution in [0.3, 0.4) is 0 Å². The molecule has 0 atom stereocenters. The van der Waals surface area contributed by atoms with Crippen LogP contribution in [0.15, 0.2) is 47.4 Å². The van der Waals surface area contributed by atoms with Crippen molar-refractivity contribution >= 4 is 18.6 Å². The number of rotatable bonds is 2. The topological polar surface area (TPSA) is 3.88 Å². The molecule has 2 rings (SSSR count). The lowest BCUT2D eigenvalue weighted by atomic mass is 10.2. The molecule has 0 amide bonds. The number of halogens is 4. The molecule has 0 radical (unpaired) electrons. The summed E-state index contributed by atoms with van der Waals surface area (Å²) in [5, 5.41) is 2.09. The molecule has 0 N–H and O–H groups in total. The van der Waals surface area contributed by atoms with Crippen LogP contribution in [0, 0.1) is 0 Å². The predicted octanol–water partition coefficient (Wildman–Crippen LogP) is 3.38. The molecule has 7 heteroatoms. The van der Waals surface area contributed by atoms with Crippen LogP contribution in [0.25, 0.3) is 0 Å². The molecule has 0 saturated carbocycles. The van der Waals surface area contributed by atoms with E-state index in [0.29, 0.717) is 0 Å². The van der Waals surface area contributed by atoms with Gasteiger partial charge in [0.1, 0.15) is 0 Å². The van der Waals surface area contributed by atoms with E-state index in [1.807, 2.05) is 6.07 Å². The van der Waals surface area contributed by atoms with Crippen LogP contribution in [0.5, 0.6) is 0 Å². The average molecular weight is 263 g/mol. The van der Waals surface area contributed by atoms with Crippen molar-refractivity contribution in [1.82, 2.24) is 0 Å². The van der Waals surface area contributed by atoms with E-state index in [0.717, 1.165) is 6.54 Å². The first kappa shape index (κ1) is 13.7. The third-order valence-corrected chi connectivity index (χ3v) is 2.41. The Morgan fingerprint density at radius 2 is 1.65 bits per heavy atom. The van der Waals surface area contributed by atoms with E-state index in [9.17, 15) is 17.3 Å². The fourth-order valence-electron chi connectivity index (χ4n) is 1.15. The van der Waals surface area contributed by atoms with Crippen molar-refractivity contribution < 1.29 is 21.8 Å². The number of benzene rings is 1. The van der Waals surface area contributed by atoms with Gasteiger partial charge in [-0.3, -0.25) is 0 Å². The fourth-order valence-corrected chi connectivity index (χ4v) is 1.74. The van der Waals surface area contributed by atoms with E-state index in [4.69, 9.17) is 0 Å². The van der Waals surface area contributed by atoms with Crippen molar-refractivity contribution in [1.29, 1.82) is 0 Å². The van der Waals surface area contributed by atoms with E-state index in [1.165, 1.54) is 5.56 Å². The van der Waals surface area contributed by atoms with Gasteiger partial charge in [-0.05, 0) is 0 Å². The second-order valence-electron chi connectivity index (χ2n) is 3.18. The molecule has 1 nitrogen and oxygen atoms in total. The smallest absolute Gasteiger partial charge is 0.418 e. The van der Waals surface area contributed by atoms with Crippen molar-refractivity contribution in [3.8, 4) is 0 Å². The van der Waals surface area contributed by atoms with E-state index in [1.54, 1.807) is 11.3 Å². The Morgan fingerprint density at radius 3 is 2.12 bits per heavy atom. The first-order valence-corrected chi connectivity index (χ1v) is 5.72. The van der Waals surface area contributed by atoms with Gasteiger partial charge in [-0.1, -0.05) is 41.7 Å². The maximum Gasteiger partial charge on any atom is 0.673 e. The van der Waals surface area contributed by atoms with Crippen molar-refractivity contribution in [2.24, 2.45) is 0 Å². The van der Waals surface area contributed by atoms with Gasteiger partial charge in [0, 0.05) is 5.56 Å². The van der Waals surface area contributed by atoms with Gasteiger partial charge >= 0.3 is 7.25 Å². The number of hydrogen-bond acceptors (Lipinski definition) is 1. The van der Waals surface area contributed by atoms with Crippen LogP contribution in [-0.4, -0.2) is 7.25 Å². The number of thiazole rings is 1. The maximum absolute atomic E-state index is 9.75. The van der Waals surface area contributed by atoms with Crippen LogP contribution in [0.1, 0.15) is 5.56 Å². The fraction of sp³-hybridized carbons (Fsp3) is 0.100. The summed E-state index contributed by atoms with van der Waals surface area (Å²) < 4.78 is 41.2. The van der Waals surface area contributed by atoms with Crippen molar-refractivity contribution in [3.63, 3.8) is 0 Å². The monoisotopic (exact) mass is 263 g/mol. The van der Waals surface area contributed by atoms with E-state index < -0.39 is 7.25 Å². The molecule has 0 unspecified atom stereocenters. The van der Waals surface area contributed by atoms with E-state index in [2.05, 4.69) is 45.9 Å². The van der Waals surface area contributed by atoms with E-state index in [-0.39, 0.29) is 0 Å². The van der Waals surface area contributed by atoms with Gasteiger partial charge in [0.2, 0.25) is 5.51 Å². The summed E-state index contributed by atoms with van der Waals surface area (Å²) in [5.74, 6) is 0. The molecule has 0 bridgehead atoms. The quantitative estimate of drug-likeness (QED) is 0.444. The Kier molecular flexibility index (Phi) is 5.15. The van der Waals surface area contributed by atoms with Crippen LogP contribution in [-0.2, 0) is 6.54 Å². The summed E-state index contributed by atoms with van der Waals surface area (Å²) in [7, 11) is -6.00. The van der Waals surface area contributed by atoms with Gasteiger partial charge < -0.3 is 17.3 Å². The van der Waals surface area contributed by atoms with Crippen LogP contribution in [0.2, 0.25) is 0 Å². The third-order valence-electron chi connectivity index (χ3n) is 1.74. The normalized spacial score (nSPS) is 10.6. The van der Waals surface area contributed by atoms with Crippen LogP contribution >= 0.6 is 11.3 Å². The second-order valence-corrected chi connectivity index (χ2v) is 3.93. The first-order valence-electron chi connectivity index (χ1n) is 4.77. The Morgan fingerprint density at radius 1 is 1.06 bits per heavy atom. The third kappa shape index (κ3) is 7.51. The van der Waals surface area contributed by atoms with Crippen LogP contribution in [0.4, 0.5) is 17.3 Å². The standard InChI is InChI=1S/C10H10NS.BF4/c1-2-4-10(5-3-1)8-11-6-7-12-9-11;2-1(3,4)5/h1-7,9H,8H2;/q+1;-1. The molecule has 1 aromatic heterocycles. The lowest BCUT2D eigenvalue weighted by Gasteiger charge is -1.94. The lowest BCUT2D eigenvalue weighted by molar-refractivity contribution is -0.683. The molecule has 0 aliphatic carbocycles. The zero-order valence-corrected chi connectivity index (χ0v) is 9.59. The average Bonchev–Trinajstić information content (AvgIpc) is 2.69. The summed E-state index contributed by atoms with van der Waals surface area (Å²) in [5.41, 5.74) is 3.47. The predicted molar refractivity (Wildman–Crippen MR) is 60.2 cm³/mol. The summed E-state index contributed by atoms with van der Waals surface area (Å²) in [6.07, 6.45) is 2.09. The lowest BCUT2D eigenvalue weighted by Crippen LogP contribution is -2.30. The van der Waals surface area contributed by atoms with Gasteiger partial charge in [-0.2, -0.15) is 4.57 Å².